The van der Waals surface area contributed by atoms with Crippen molar-refractivity contribution in [3.8, 4) is 0 Å². The Morgan fingerprint density at radius 1 is 0.833 bits per heavy atom. The van der Waals surface area contributed by atoms with Gasteiger partial charge in [0.1, 0.15) is 0 Å². The van der Waals surface area contributed by atoms with Gasteiger partial charge in [-0.1, -0.05) is 23.2 Å². The summed E-state index contributed by atoms with van der Waals surface area (Å²) < 4.78 is 0. The van der Waals surface area contributed by atoms with E-state index in [4.69, 9.17) is 23.2 Å². The van der Waals surface area contributed by atoms with Gasteiger partial charge in [0.25, 0.3) is 11.8 Å². The SMILES string of the molecule is CC(C)(C)N(NC(=O)c1ccc(Cl)cc1)C(=O)c1ccc(Cl)cc1. The van der Waals surface area contributed by atoms with Crippen LogP contribution in [0.25, 0.3) is 0 Å². The molecule has 0 fully saturated rings. The number of nitrogens with zero attached hydrogens (tertiary/aromatic N) is 1. The molecule has 0 unspecified atom stereocenters. The molecule has 0 aliphatic rings. The molecule has 126 valence electrons. The number of rotatable bonds is 2. The minimum atomic E-state index is -0.612. The van der Waals surface area contributed by atoms with E-state index >= 15 is 0 Å². The van der Waals surface area contributed by atoms with Gasteiger partial charge >= 0.3 is 0 Å². The Morgan fingerprint density at radius 2 is 1.25 bits per heavy atom. The molecule has 0 saturated carbocycles. The number of amides is 2. The van der Waals surface area contributed by atoms with E-state index < -0.39 is 5.54 Å². The molecule has 0 aliphatic carbocycles. The second-order valence-corrected chi connectivity index (χ2v) is 7.14. The molecule has 0 radical (unpaired) electrons. The van der Waals surface area contributed by atoms with E-state index in [1.54, 1.807) is 48.5 Å². The van der Waals surface area contributed by atoms with Gasteiger partial charge in [0.15, 0.2) is 0 Å². The minimum Gasteiger partial charge on any atom is -0.267 e. The molecule has 2 rings (SSSR count). The van der Waals surface area contributed by atoms with Gasteiger partial charge in [-0.2, -0.15) is 0 Å². The van der Waals surface area contributed by atoms with Crippen LogP contribution in [0, 0.1) is 0 Å². The van der Waals surface area contributed by atoms with Crippen LogP contribution >= 0.6 is 23.2 Å². The van der Waals surface area contributed by atoms with E-state index in [1.807, 2.05) is 20.8 Å². The molecular weight excluding hydrogens is 347 g/mol. The van der Waals surface area contributed by atoms with Crippen LogP contribution in [0.3, 0.4) is 0 Å². The van der Waals surface area contributed by atoms with Crippen molar-refractivity contribution >= 4 is 35.0 Å². The topological polar surface area (TPSA) is 49.4 Å². The molecule has 0 atom stereocenters. The number of nitrogens with one attached hydrogen (secondary N) is 1. The molecule has 6 heteroatoms. The highest BCUT2D eigenvalue weighted by atomic mass is 35.5. The molecule has 2 aromatic rings. The number of benzene rings is 2. The lowest BCUT2D eigenvalue weighted by atomic mass is 10.1. The first-order valence-electron chi connectivity index (χ1n) is 7.35. The lowest BCUT2D eigenvalue weighted by Crippen LogP contribution is -2.55. The number of hydrogen-bond acceptors (Lipinski definition) is 2. The van der Waals surface area contributed by atoms with Crippen molar-refractivity contribution in [2.75, 3.05) is 0 Å². The molecule has 1 N–H and O–H groups in total. The maximum Gasteiger partial charge on any atom is 0.272 e. The molecule has 2 aromatic carbocycles. The van der Waals surface area contributed by atoms with Gasteiger partial charge in [-0.05, 0) is 69.3 Å². The van der Waals surface area contributed by atoms with Crippen LogP contribution in [0.1, 0.15) is 41.5 Å². The third kappa shape index (κ3) is 4.49. The van der Waals surface area contributed by atoms with Crippen molar-refractivity contribution in [2.45, 2.75) is 26.3 Å². The van der Waals surface area contributed by atoms with Crippen molar-refractivity contribution in [1.29, 1.82) is 0 Å². The number of carbonyl (C=O) groups excluding carboxylic acids is 2. The number of carbonyl (C=O) groups is 2. The summed E-state index contributed by atoms with van der Waals surface area (Å²) in [5.74, 6) is -0.703. The fourth-order valence-corrected chi connectivity index (χ4v) is 2.26. The summed E-state index contributed by atoms with van der Waals surface area (Å²) in [6, 6.07) is 13.0. The van der Waals surface area contributed by atoms with Crippen LogP contribution in [0.2, 0.25) is 10.0 Å². The summed E-state index contributed by atoms with van der Waals surface area (Å²) >= 11 is 11.7. The van der Waals surface area contributed by atoms with Gasteiger partial charge in [0.05, 0.1) is 5.54 Å². The molecule has 0 saturated heterocycles. The van der Waals surface area contributed by atoms with Crippen LogP contribution in [0.4, 0.5) is 0 Å². The van der Waals surface area contributed by atoms with E-state index in [0.29, 0.717) is 21.2 Å². The van der Waals surface area contributed by atoms with E-state index in [1.165, 1.54) is 5.01 Å². The van der Waals surface area contributed by atoms with Crippen LogP contribution in [-0.4, -0.2) is 22.4 Å². The van der Waals surface area contributed by atoms with Gasteiger partial charge in [-0.25, -0.2) is 5.01 Å². The Balaban J connectivity index is 2.25. The highest BCUT2D eigenvalue weighted by Crippen LogP contribution is 2.18. The Labute approximate surface area is 151 Å². The summed E-state index contributed by atoms with van der Waals surface area (Å²) in [5, 5.41) is 2.39. The summed E-state index contributed by atoms with van der Waals surface area (Å²) in [6.07, 6.45) is 0. The quantitative estimate of drug-likeness (QED) is 0.792. The molecule has 4 nitrogen and oxygen atoms in total. The Morgan fingerprint density at radius 3 is 1.67 bits per heavy atom. The van der Waals surface area contributed by atoms with Crippen LogP contribution < -0.4 is 5.43 Å². The van der Waals surface area contributed by atoms with Crippen LogP contribution in [-0.2, 0) is 0 Å². The summed E-state index contributed by atoms with van der Waals surface area (Å²) in [5.41, 5.74) is 2.91. The lowest BCUT2D eigenvalue weighted by Gasteiger charge is -2.35. The number of halogens is 2. The third-order valence-corrected chi connectivity index (χ3v) is 3.79. The van der Waals surface area contributed by atoms with Crippen molar-refractivity contribution in [3.05, 3.63) is 69.7 Å². The normalized spacial score (nSPS) is 11.0. The van der Waals surface area contributed by atoms with Gasteiger partial charge in [-0.15, -0.1) is 0 Å². The predicted molar refractivity (Wildman–Crippen MR) is 96.3 cm³/mol. The lowest BCUT2D eigenvalue weighted by molar-refractivity contribution is 0.0358. The van der Waals surface area contributed by atoms with E-state index in [0.717, 1.165) is 0 Å². The second-order valence-electron chi connectivity index (χ2n) is 6.27. The van der Waals surface area contributed by atoms with Crippen LogP contribution in [0.15, 0.2) is 48.5 Å². The molecule has 2 amide bonds. The van der Waals surface area contributed by atoms with Crippen molar-refractivity contribution in [1.82, 2.24) is 10.4 Å². The predicted octanol–water partition coefficient (Wildman–Crippen LogP) is 4.58. The molecule has 0 bridgehead atoms. The van der Waals surface area contributed by atoms with E-state index in [2.05, 4.69) is 5.43 Å². The first-order chi connectivity index (χ1) is 11.2. The fraction of sp³-hybridized carbons (Fsp3) is 0.222. The summed E-state index contributed by atoms with van der Waals surface area (Å²) in [4.78, 5) is 25.2. The van der Waals surface area contributed by atoms with E-state index in [-0.39, 0.29) is 11.8 Å². The smallest absolute Gasteiger partial charge is 0.267 e. The molecule has 0 spiro atoms. The maximum atomic E-state index is 12.8. The third-order valence-electron chi connectivity index (χ3n) is 3.28. The monoisotopic (exact) mass is 364 g/mol. The molecule has 24 heavy (non-hydrogen) atoms. The highest BCUT2D eigenvalue weighted by molar-refractivity contribution is 6.31. The summed E-state index contributed by atoms with van der Waals surface area (Å²) in [7, 11) is 0. The van der Waals surface area contributed by atoms with Crippen LogP contribution in [0.5, 0.6) is 0 Å². The molecular formula is C18H18Cl2N2O2. The Kier molecular flexibility index (Phi) is 5.52. The largest absolute Gasteiger partial charge is 0.272 e. The number of hydrogen-bond donors (Lipinski definition) is 1. The number of hydrazine groups is 1. The zero-order valence-electron chi connectivity index (χ0n) is 13.6. The first kappa shape index (κ1) is 18.3. The fourth-order valence-electron chi connectivity index (χ4n) is 2.01. The highest BCUT2D eigenvalue weighted by Gasteiger charge is 2.29. The van der Waals surface area contributed by atoms with Gasteiger partial charge < -0.3 is 0 Å². The Hall–Kier alpha value is -2.04. The first-order valence-corrected chi connectivity index (χ1v) is 8.11. The average Bonchev–Trinajstić information content (AvgIpc) is 2.52. The zero-order valence-corrected chi connectivity index (χ0v) is 15.2. The second kappa shape index (κ2) is 7.24. The molecule has 0 aliphatic heterocycles. The standard InChI is InChI=1S/C18H18Cl2N2O2/c1-18(2,3)22(17(24)13-6-10-15(20)11-7-13)21-16(23)12-4-8-14(19)9-5-12/h4-11H,1-3H3,(H,21,23). The van der Waals surface area contributed by atoms with Crippen molar-refractivity contribution < 1.29 is 9.59 Å². The van der Waals surface area contributed by atoms with Gasteiger partial charge in [0.2, 0.25) is 0 Å². The summed E-state index contributed by atoms with van der Waals surface area (Å²) in [6.45, 7) is 5.51. The van der Waals surface area contributed by atoms with E-state index in [9.17, 15) is 9.59 Å². The van der Waals surface area contributed by atoms with Gasteiger partial charge in [0, 0.05) is 21.2 Å². The molecule has 0 heterocycles. The molecule has 0 aromatic heterocycles. The van der Waals surface area contributed by atoms with Gasteiger partial charge in [-0.3, -0.25) is 15.0 Å². The zero-order chi connectivity index (χ0) is 17.9. The van der Waals surface area contributed by atoms with Crippen molar-refractivity contribution in [3.63, 3.8) is 0 Å². The average molecular weight is 365 g/mol. The minimum absolute atomic E-state index is 0.318. The Bertz CT molecular complexity index is 735. The van der Waals surface area contributed by atoms with Crippen molar-refractivity contribution in [2.24, 2.45) is 0 Å². The maximum absolute atomic E-state index is 12.8.